The first kappa shape index (κ1) is 15.1. The van der Waals surface area contributed by atoms with Crippen LogP contribution in [0.15, 0.2) is 0 Å². The molecule has 100 valence electrons. The van der Waals surface area contributed by atoms with Gasteiger partial charge in [0, 0.05) is 30.6 Å². The standard InChI is InChI=1S/C11H20N2O2S.ClH/c1-2-9-7-13(3-4-16-9)11(15)10-5-8(14)6-12-10;/h8-10,12,14H,2-7H2,1H3;1H. The summed E-state index contributed by atoms with van der Waals surface area (Å²) in [5, 5.41) is 13.1. The molecule has 0 aromatic carbocycles. The third-order valence-electron chi connectivity index (χ3n) is 3.31. The summed E-state index contributed by atoms with van der Waals surface area (Å²) in [5.74, 6) is 1.22. The molecule has 1 amide bonds. The number of hydrogen-bond acceptors (Lipinski definition) is 4. The zero-order valence-corrected chi connectivity index (χ0v) is 11.7. The molecule has 2 rings (SSSR count). The minimum absolute atomic E-state index is 0. The summed E-state index contributed by atoms with van der Waals surface area (Å²) in [6, 6.07) is -0.157. The van der Waals surface area contributed by atoms with E-state index in [9.17, 15) is 9.90 Å². The molecular formula is C11H21ClN2O2S. The smallest absolute Gasteiger partial charge is 0.239 e. The van der Waals surface area contributed by atoms with Crippen molar-refractivity contribution in [1.29, 1.82) is 0 Å². The van der Waals surface area contributed by atoms with Crippen LogP contribution in [0.1, 0.15) is 19.8 Å². The fraction of sp³-hybridized carbons (Fsp3) is 0.909. The molecule has 0 radical (unpaired) electrons. The number of thioether (sulfide) groups is 1. The van der Waals surface area contributed by atoms with E-state index < -0.39 is 0 Å². The zero-order valence-electron chi connectivity index (χ0n) is 10.1. The summed E-state index contributed by atoms with van der Waals surface area (Å²) < 4.78 is 0. The number of halogens is 1. The molecule has 4 nitrogen and oxygen atoms in total. The lowest BCUT2D eigenvalue weighted by molar-refractivity contribution is -0.133. The average Bonchev–Trinajstić information content (AvgIpc) is 2.75. The van der Waals surface area contributed by atoms with Crippen molar-refractivity contribution in [2.75, 3.05) is 25.4 Å². The maximum atomic E-state index is 12.2. The third-order valence-corrected chi connectivity index (χ3v) is 4.68. The number of hydrogen-bond donors (Lipinski definition) is 2. The molecule has 2 aliphatic heterocycles. The molecule has 2 saturated heterocycles. The Hall–Kier alpha value is 0.0300. The van der Waals surface area contributed by atoms with Crippen LogP contribution in [-0.4, -0.2) is 58.7 Å². The summed E-state index contributed by atoms with van der Waals surface area (Å²) in [6.45, 7) is 4.45. The Morgan fingerprint density at radius 1 is 1.59 bits per heavy atom. The number of nitrogens with one attached hydrogen (secondary N) is 1. The maximum absolute atomic E-state index is 12.2. The molecule has 2 heterocycles. The van der Waals surface area contributed by atoms with Gasteiger partial charge in [-0.25, -0.2) is 0 Å². The number of aliphatic hydroxyl groups is 1. The molecule has 3 unspecified atom stereocenters. The highest BCUT2D eigenvalue weighted by atomic mass is 35.5. The molecule has 0 saturated carbocycles. The lowest BCUT2D eigenvalue weighted by Crippen LogP contribution is -2.49. The molecular weight excluding hydrogens is 260 g/mol. The first-order valence-electron chi connectivity index (χ1n) is 6.02. The van der Waals surface area contributed by atoms with Crippen molar-refractivity contribution in [2.45, 2.75) is 37.2 Å². The van der Waals surface area contributed by atoms with Crippen LogP contribution in [0.2, 0.25) is 0 Å². The molecule has 0 aromatic rings. The minimum Gasteiger partial charge on any atom is -0.392 e. The number of aliphatic hydroxyl groups excluding tert-OH is 1. The van der Waals surface area contributed by atoms with Crippen LogP contribution >= 0.6 is 24.2 Å². The van der Waals surface area contributed by atoms with Gasteiger partial charge in [0.15, 0.2) is 0 Å². The monoisotopic (exact) mass is 280 g/mol. The van der Waals surface area contributed by atoms with Crippen LogP contribution in [-0.2, 0) is 4.79 Å². The highest BCUT2D eigenvalue weighted by molar-refractivity contribution is 8.00. The normalized spacial score (nSPS) is 33.3. The lowest BCUT2D eigenvalue weighted by atomic mass is 10.1. The van der Waals surface area contributed by atoms with Gasteiger partial charge in [-0.15, -0.1) is 12.4 Å². The first-order valence-corrected chi connectivity index (χ1v) is 7.07. The number of carbonyl (C=O) groups excluding carboxylic acids is 1. The van der Waals surface area contributed by atoms with Crippen molar-refractivity contribution >= 4 is 30.1 Å². The minimum atomic E-state index is -0.352. The second kappa shape index (κ2) is 6.83. The van der Waals surface area contributed by atoms with E-state index >= 15 is 0 Å². The van der Waals surface area contributed by atoms with Gasteiger partial charge < -0.3 is 15.3 Å². The predicted molar refractivity (Wildman–Crippen MR) is 72.8 cm³/mol. The summed E-state index contributed by atoms with van der Waals surface area (Å²) in [7, 11) is 0. The predicted octanol–water partition coefficient (Wildman–Crippen LogP) is 0.485. The SMILES string of the molecule is CCC1CN(C(=O)C2CC(O)CN2)CCS1.Cl. The maximum Gasteiger partial charge on any atom is 0.239 e. The van der Waals surface area contributed by atoms with Crippen molar-refractivity contribution < 1.29 is 9.90 Å². The number of carbonyl (C=O) groups is 1. The van der Waals surface area contributed by atoms with Gasteiger partial charge in [0.05, 0.1) is 12.1 Å². The van der Waals surface area contributed by atoms with Gasteiger partial charge in [0.2, 0.25) is 5.91 Å². The van der Waals surface area contributed by atoms with Crippen molar-refractivity contribution in [3.63, 3.8) is 0 Å². The molecule has 0 bridgehead atoms. The Morgan fingerprint density at radius 2 is 2.35 bits per heavy atom. The number of amides is 1. The Morgan fingerprint density at radius 3 is 2.94 bits per heavy atom. The summed E-state index contributed by atoms with van der Waals surface area (Å²) in [6.07, 6.45) is 1.34. The Bertz CT molecular complexity index is 268. The molecule has 0 aromatic heterocycles. The van der Waals surface area contributed by atoms with Crippen molar-refractivity contribution in [1.82, 2.24) is 10.2 Å². The van der Waals surface area contributed by atoms with Crippen LogP contribution in [0, 0.1) is 0 Å². The molecule has 2 N–H and O–H groups in total. The fourth-order valence-electron chi connectivity index (χ4n) is 2.29. The van der Waals surface area contributed by atoms with Crippen LogP contribution in [0.3, 0.4) is 0 Å². The van der Waals surface area contributed by atoms with Crippen molar-refractivity contribution in [2.24, 2.45) is 0 Å². The van der Waals surface area contributed by atoms with E-state index in [0.29, 0.717) is 18.2 Å². The highest BCUT2D eigenvalue weighted by Gasteiger charge is 2.33. The number of rotatable bonds is 2. The largest absolute Gasteiger partial charge is 0.392 e. The van der Waals surface area contributed by atoms with Crippen LogP contribution < -0.4 is 5.32 Å². The van der Waals surface area contributed by atoms with Gasteiger partial charge in [0.1, 0.15) is 0 Å². The van der Waals surface area contributed by atoms with E-state index in [0.717, 1.165) is 25.3 Å². The molecule has 3 atom stereocenters. The molecule has 2 aliphatic rings. The Kier molecular flexibility index (Phi) is 6.06. The Labute approximate surface area is 113 Å². The van der Waals surface area contributed by atoms with Gasteiger partial charge in [-0.05, 0) is 12.8 Å². The van der Waals surface area contributed by atoms with Crippen molar-refractivity contribution in [3.05, 3.63) is 0 Å². The second-order valence-electron chi connectivity index (χ2n) is 4.54. The van der Waals surface area contributed by atoms with Gasteiger partial charge in [0.25, 0.3) is 0 Å². The van der Waals surface area contributed by atoms with Crippen molar-refractivity contribution in [3.8, 4) is 0 Å². The van der Waals surface area contributed by atoms with Crippen LogP contribution in [0.5, 0.6) is 0 Å². The zero-order chi connectivity index (χ0) is 11.5. The van der Waals surface area contributed by atoms with E-state index in [4.69, 9.17) is 0 Å². The van der Waals surface area contributed by atoms with E-state index in [1.165, 1.54) is 0 Å². The summed E-state index contributed by atoms with van der Waals surface area (Å²) >= 11 is 1.96. The molecule has 0 aliphatic carbocycles. The van der Waals surface area contributed by atoms with Crippen LogP contribution in [0.25, 0.3) is 0 Å². The average molecular weight is 281 g/mol. The van der Waals surface area contributed by atoms with Gasteiger partial charge >= 0.3 is 0 Å². The van der Waals surface area contributed by atoms with Crippen LogP contribution in [0.4, 0.5) is 0 Å². The Balaban J connectivity index is 0.00000144. The third kappa shape index (κ3) is 3.74. The quantitative estimate of drug-likeness (QED) is 0.773. The number of nitrogens with zero attached hydrogens (tertiary/aromatic N) is 1. The van der Waals surface area contributed by atoms with Gasteiger partial charge in [-0.2, -0.15) is 11.8 Å². The van der Waals surface area contributed by atoms with E-state index in [2.05, 4.69) is 12.2 Å². The van der Waals surface area contributed by atoms with E-state index in [-0.39, 0.29) is 30.5 Å². The fourth-order valence-corrected chi connectivity index (χ4v) is 3.47. The summed E-state index contributed by atoms with van der Waals surface area (Å²) in [4.78, 5) is 14.1. The van der Waals surface area contributed by atoms with E-state index in [1.807, 2.05) is 16.7 Å². The lowest BCUT2D eigenvalue weighted by Gasteiger charge is -2.33. The summed E-state index contributed by atoms with van der Waals surface area (Å²) in [5.41, 5.74) is 0. The molecule has 17 heavy (non-hydrogen) atoms. The number of β-amino-alcohol motifs (C(OH)–C–C–N with tert-alkyl or cyclic N) is 1. The van der Waals surface area contributed by atoms with E-state index in [1.54, 1.807) is 0 Å². The highest BCUT2D eigenvalue weighted by Crippen LogP contribution is 2.22. The molecule has 6 heteroatoms. The van der Waals surface area contributed by atoms with Gasteiger partial charge in [-0.1, -0.05) is 6.92 Å². The topological polar surface area (TPSA) is 52.6 Å². The second-order valence-corrected chi connectivity index (χ2v) is 5.94. The molecule has 0 spiro atoms. The van der Waals surface area contributed by atoms with Gasteiger partial charge in [-0.3, -0.25) is 4.79 Å². The first-order chi connectivity index (χ1) is 7.70. The molecule has 2 fully saturated rings.